The second-order valence-corrected chi connectivity index (χ2v) is 6.39. The van der Waals surface area contributed by atoms with E-state index < -0.39 is 17.7 Å². The molecule has 1 aromatic carbocycles. The SMILES string of the molecule is CCOc1cccc(C(O)=C2C(=O)C(=O)N(CCOC)C2c2ccc(C)o2)c1. The van der Waals surface area contributed by atoms with Crippen LogP contribution in [0.1, 0.15) is 30.0 Å². The average Bonchev–Trinajstić information content (AvgIpc) is 3.22. The molecule has 1 aromatic heterocycles. The molecule has 3 rings (SSSR count). The first kappa shape index (κ1) is 19.7. The van der Waals surface area contributed by atoms with Gasteiger partial charge >= 0.3 is 0 Å². The molecule has 7 nitrogen and oxygen atoms in total. The molecule has 0 aliphatic carbocycles. The van der Waals surface area contributed by atoms with Crippen LogP contribution in [0.25, 0.3) is 5.76 Å². The predicted molar refractivity (Wildman–Crippen MR) is 102 cm³/mol. The normalized spacial score (nSPS) is 18.7. The standard InChI is InChI=1S/C21H23NO6/c1-4-27-15-7-5-6-14(12-15)19(23)17-18(16-9-8-13(2)28-16)22(10-11-26-3)21(25)20(17)24/h5-9,12,18,23H,4,10-11H2,1-3H3. The Bertz CT molecular complexity index is 913. The van der Waals surface area contributed by atoms with Crippen molar-refractivity contribution in [1.82, 2.24) is 4.90 Å². The van der Waals surface area contributed by atoms with E-state index in [1.165, 1.54) is 12.0 Å². The summed E-state index contributed by atoms with van der Waals surface area (Å²) >= 11 is 0. The summed E-state index contributed by atoms with van der Waals surface area (Å²) in [5, 5.41) is 10.9. The van der Waals surface area contributed by atoms with Gasteiger partial charge in [-0.05, 0) is 38.1 Å². The Morgan fingerprint density at radius 3 is 2.68 bits per heavy atom. The number of furan rings is 1. The van der Waals surface area contributed by atoms with Crippen LogP contribution in [-0.4, -0.2) is 48.6 Å². The Kier molecular flexibility index (Phi) is 5.84. The zero-order valence-corrected chi connectivity index (χ0v) is 16.1. The molecule has 1 aliphatic heterocycles. The molecule has 1 aliphatic rings. The van der Waals surface area contributed by atoms with E-state index in [2.05, 4.69) is 0 Å². The van der Waals surface area contributed by atoms with Crippen molar-refractivity contribution in [3.8, 4) is 5.75 Å². The van der Waals surface area contributed by atoms with Gasteiger partial charge in [0.25, 0.3) is 11.7 Å². The summed E-state index contributed by atoms with van der Waals surface area (Å²) in [6.45, 7) is 4.55. The molecule has 28 heavy (non-hydrogen) atoms. The number of methoxy groups -OCH3 is 1. The fourth-order valence-electron chi connectivity index (χ4n) is 3.25. The number of amides is 1. The highest BCUT2D eigenvalue weighted by Gasteiger charge is 2.47. The molecule has 0 spiro atoms. The van der Waals surface area contributed by atoms with Crippen LogP contribution in [0.4, 0.5) is 0 Å². The molecular weight excluding hydrogens is 362 g/mol. The number of ketones is 1. The molecule has 2 aromatic rings. The fraction of sp³-hybridized carbons (Fsp3) is 0.333. The maximum atomic E-state index is 12.8. The van der Waals surface area contributed by atoms with Crippen LogP contribution in [0, 0.1) is 6.92 Å². The van der Waals surface area contributed by atoms with E-state index in [9.17, 15) is 14.7 Å². The molecule has 1 unspecified atom stereocenters. The second-order valence-electron chi connectivity index (χ2n) is 6.39. The number of carbonyl (C=O) groups is 2. The first-order valence-corrected chi connectivity index (χ1v) is 9.04. The first-order valence-electron chi connectivity index (χ1n) is 9.04. The number of carbonyl (C=O) groups excluding carboxylic acids is 2. The smallest absolute Gasteiger partial charge is 0.295 e. The Morgan fingerprint density at radius 2 is 2.04 bits per heavy atom. The lowest BCUT2D eigenvalue weighted by molar-refractivity contribution is -0.140. The largest absolute Gasteiger partial charge is 0.507 e. The number of aryl methyl sites for hydroxylation is 1. The summed E-state index contributed by atoms with van der Waals surface area (Å²) in [6.07, 6.45) is 0. The van der Waals surface area contributed by atoms with Crippen molar-refractivity contribution in [3.63, 3.8) is 0 Å². The zero-order valence-electron chi connectivity index (χ0n) is 16.1. The van der Waals surface area contributed by atoms with Gasteiger partial charge in [-0.15, -0.1) is 0 Å². The van der Waals surface area contributed by atoms with Gasteiger partial charge in [0.15, 0.2) is 0 Å². The third kappa shape index (κ3) is 3.66. The monoisotopic (exact) mass is 385 g/mol. The highest BCUT2D eigenvalue weighted by Crippen LogP contribution is 2.40. The summed E-state index contributed by atoms with van der Waals surface area (Å²) in [4.78, 5) is 26.8. The van der Waals surface area contributed by atoms with Crippen molar-refractivity contribution in [2.45, 2.75) is 19.9 Å². The van der Waals surface area contributed by atoms with Gasteiger partial charge in [0.1, 0.15) is 29.1 Å². The van der Waals surface area contributed by atoms with E-state index in [0.717, 1.165) is 0 Å². The molecule has 1 fully saturated rings. The maximum Gasteiger partial charge on any atom is 0.295 e. The Labute approximate surface area is 163 Å². The lowest BCUT2D eigenvalue weighted by atomic mass is 9.99. The van der Waals surface area contributed by atoms with E-state index in [-0.39, 0.29) is 24.5 Å². The van der Waals surface area contributed by atoms with Crippen molar-refractivity contribution in [1.29, 1.82) is 0 Å². The van der Waals surface area contributed by atoms with Crippen LogP contribution in [-0.2, 0) is 14.3 Å². The number of benzene rings is 1. The third-order valence-corrected chi connectivity index (χ3v) is 4.53. The van der Waals surface area contributed by atoms with Crippen molar-refractivity contribution >= 4 is 17.4 Å². The van der Waals surface area contributed by atoms with Crippen LogP contribution >= 0.6 is 0 Å². The van der Waals surface area contributed by atoms with Gasteiger partial charge in [-0.25, -0.2) is 0 Å². The van der Waals surface area contributed by atoms with Crippen LogP contribution in [0.3, 0.4) is 0 Å². The number of Topliss-reactive ketones (excluding diaryl/α,β-unsaturated/α-hetero) is 1. The molecule has 1 amide bonds. The van der Waals surface area contributed by atoms with Gasteiger partial charge in [0, 0.05) is 19.2 Å². The summed E-state index contributed by atoms with van der Waals surface area (Å²) in [5.74, 6) is -0.0986. The highest BCUT2D eigenvalue weighted by molar-refractivity contribution is 6.46. The summed E-state index contributed by atoms with van der Waals surface area (Å²) < 4.78 is 16.2. The molecule has 7 heteroatoms. The Balaban J connectivity index is 2.12. The average molecular weight is 385 g/mol. The third-order valence-electron chi connectivity index (χ3n) is 4.53. The number of aliphatic hydroxyl groups excluding tert-OH is 1. The van der Waals surface area contributed by atoms with Gasteiger partial charge in [-0.3, -0.25) is 9.59 Å². The van der Waals surface area contributed by atoms with E-state index in [1.807, 2.05) is 6.92 Å². The number of hydrogen-bond acceptors (Lipinski definition) is 6. The maximum absolute atomic E-state index is 12.8. The van der Waals surface area contributed by atoms with Crippen molar-refractivity contribution in [2.24, 2.45) is 0 Å². The quantitative estimate of drug-likeness (QED) is 0.448. The van der Waals surface area contributed by atoms with Gasteiger partial charge in [-0.2, -0.15) is 0 Å². The topological polar surface area (TPSA) is 89.2 Å². The fourth-order valence-corrected chi connectivity index (χ4v) is 3.25. The number of rotatable bonds is 7. The molecule has 148 valence electrons. The molecular formula is C21H23NO6. The van der Waals surface area contributed by atoms with Gasteiger partial charge in [-0.1, -0.05) is 12.1 Å². The first-order chi connectivity index (χ1) is 13.5. The minimum Gasteiger partial charge on any atom is -0.507 e. The number of aliphatic hydroxyl groups is 1. The van der Waals surface area contributed by atoms with Crippen molar-refractivity contribution in [3.05, 3.63) is 59.1 Å². The van der Waals surface area contributed by atoms with E-state index in [1.54, 1.807) is 43.3 Å². The highest BCUT2D eigenvalue weighted by atomic mass is 16.5. The molecule has 0 radical (unpaired) electrons. The zero-order chi connectivity index (χ0) is 20.3. The Hall–Kier alpha value is -3.06. The summed E-state index contributed by atoms with van der Waals surface area (Å²) in [6, 6.07) is 9.39. The second kappa shape index (κ2) is 8.31. The van der Waals surface area contributed by atoms with Gasteiger partial charge in [0.05, 0.1) is 18.8 Å². The van der Waals surface area contributed by atoms with Crippen LogP contribution < -0.4 is 4.74 Å². The lowest BCUT2D eigenvalue weighted by Gasteiger charge is -2.22. The molecule has 0 saturated carbocycles. The summed E-state index contributed by atoms with van der Waals surface area (Å²) in [7, 11) is 1.52. The molecule has 2 heterocycles. The Morgan fingerprint density at radius 1 is 1.25 bits per heavy atom. The molecule has 0 bridgehead atoms. The van der Waals surface area contributed by atoms with Crippen LogP contribution in [0.5, 0.6) is 5.75 Å². The summed E-state index contributed by atoms with van der Waals surface area (Å²) in [5.41, 5.74) is 0.382. The van der Waals surface area contributed by atoms with Crippen LogP contribution in [0.2, 0.25) is 0 Å². The van der Waals surface area contributed by atoms with Crippen molar-refractivity contribution < 1.29 is 28.6 Å². The molecule has 1 N–H and O–H groups in total. The number of hydrogen-bond donors (Lipinski definition) is 1. The van der Waals surface area contributed by atoms with Gasteiger partial charge < -0.3 is 23.9 Å². The minimum atomic E-state index is -0.820. The van der Waals surface area contributed by atoms with Crippen molar-refractivity contribution in [2.75, 3.05) is 26.9 Å². The lowest BCUT2D eigenvalue weighted by Crippen LogP contribution is -2.32. The van der Waals surface area contributed by atoms with Crippen LogP contribution in [0.15, 0.2) is 46.4 Å². The van der Waals surface area contributed by atoms with E-state index in [0.29, 0.717) is 29.4 Å². The minimum absolute atomic E-state index is 0.0101. The number of likely N-dealkylation sites (tertiary alicyclic amines) is 1. The predicted octanol–water partition coefficient (Wildman–Crippen LogP) is 3.05. The molecule has 1 saturated heterocycles. The number of nitrogens with zero attached hydrogens (tertiary/aromatic N) is 1. The van der Waals surface area contributed by atoms with E-state index in [4.69, 9.17) is 13.9 Å². The molecule has 1 atom stereocenters. The van der Waals surface area contributed by atoms with Gasteiger partial charge in [0.2, 0.25) is 0 Å². The number of ether oxygens (including phenoxy) is 2. The van der Waals surface area contributed by atoms with E-state index >= 15 is 0 Å².